The number of hydrogen-bond donors (Lipinski definition) is 2. The monoisotopic (exact) mass is 242 g/mol. The van der Waals surface area contributed by atoms with Crippen molar-refractivity contribution in [3.63, 3.8) is 0 Å². The Morgan fingerprint density at radius 2 is 2.17 bits per heavy atom. The van der Waals surface area contributed by atoms with E-state index in [9.17, 15) is 9.90 Å². The van der Waals surface area contributed by atoms with E-state index in [-0.39, 0.29) is 11.7 Å². The summed E-state index contributed by atoms with van der Waals surface area (Å²) in [5, 5.41) is 12.1. The standard InChI is InChI=1S/C14H14N2O2/c1-10-13(6-3-7-15-10)14(18)16-9-11-4-2-5-12(17)8-11/h2-8,17H,9H2,1H3,(H,16,18). The third kappa shape index (κ3) is 2.85. The molecule has 0 aliphatic rings. The summed E-state index contributed by atoms with van der Waals surface area (Å²) in [6, 6.07) is 10.3. The van der Waals surface area contributed by atoms with Gasteiger partial charge in [0.1, 0.15) is 5.75 Å². The van der Waals surface area contributed by atoms with Crippen LogP contribution in [0.3, 0.4) is 0 Å². The molecule has 0 unspecified atom stereocenters. The van der Waals surface area contributed by atoms with Crippen LogP contribution in [0.2, 0.25) is 0 Å². The van der Waals surface area contributed by atoms with Crippen molar-refractivity contribution in [2.24, 2.45) is 0 Å². The Bertz CT molecular complexity index is 567. The van der Waals surface area contributed by atoms with Gasteiger partial charge in [0, 0.05) is 18.4 Å². The van der Waals surface area contributed by atoms with Gasteiger partial charge in [-0.2, -0.15) is 0 Å². The van der Waals surface area contributed by atoms with Gasteiger partial charge in [-0.1, -0.05) is 12.1 Å². The molecule has 1 aromatic heterocycles. The first-order chi connectivity index (χ1) is 8.66. The van der Waals surface area contributed by atoms with Crippen LogP contribution in [0.1, 0.15) is 21.6 Å². The molecule has 92 valence electrons. The summed E-state index contributed by atoms with van der Waals surface area (Å²) in [6.45, 7) is 2.17. The van der Waals surface area contributed by atoms with Crippen molar-refractivity contribution in [1.29, 1.82) is 0 Å². The predicted molar refractivity (Wildman–Crippen MR) is 68.3 cm³/mol. The maximum Gasteiger partial charge on any atom is 0.253 e. The number of hydrogen-bond acceptors (Lipinski definition) is 3. The van der Waals surface area contributed by atoms with Gasteiger partial charge in [-0.15, -0.1) is 0 Å². The van der Waals surface area contributed by atoms with Crippen LogP contribution in [0.4, 0.5) is 0 Å². The van der Waals surface area contributed by atoms with Crippen LogP contribution in [0.25, 0.3) is 0 Å². The van der Waals surface area contributed by atoms with Gasteiger partial charge in [-0.05, 0) is 36.8 Å². The molecule has 0 bridgehead atoms. The maximum atomic E-state index is 11.9. The molecule has 4 nitrogen and oxygen atoms in total. The first-order valence-electron chi connectivity index (χ1n) is 5.64. The van der Waals surface area contributed by atoms with Crippen molar-refractivity contribution in [1.82, 2.24) is 10.3 Å². The first kappa shape index (κ1) is 12.1. The van der Waals surface area contributed by atoms with Crippen LogP contribution in [0.15, 0.2) is 42.6 Å². The van der Waals surface area contributed by atoms with E-state index >= 15 is 0 Å². The predicted octanol–water partition coefficient (Wildman–Crippen LogP) is 2.03. The van der Waals surface area contributed by atoms with E-state index in [2.05, 4.69) is 10.3 Å². The zero-order valence-corrected chi connectivity index (χ0v) is 10.1. The first-order valence-corrected chi connectivity index (χ1v) is 5.64. The topological polar surface area (TPSA) is 62.2 Å². The summed E-state index contributed by atoms with van der Waals surface area (Å²) in [6.07, 6.45) is 1.65. The normalized spacial score (nSPS) is 10.1. The van der Waals surface area contributed by atoms with Crippen LogP contribution in [0.5, 0.6) is 5.75 Å². The molecular formula is C14H14N2O2. The highest BCUT2D eigenvalue weighted by atomic mass is 16.3. The minimum atomic E-state index is -0.163. The number of nitrogens with one attached hydrogen (secondary N) is 1. The van der Waals surface area contributed by atoms with E-state index in [0.29, 0.717) is 17.8 Å². The molecule has 1 heterocycles. The molecule has 0 aliphatic heterocycles. The quantitative estimate of drug-likeness (QED) is 0.865. The molecule has 0 radical (unpaired) electrons. The Kier molecular flexibility index (Phi) is 3.57. The van der Waals surface area contributed by atoms with Gasteiger partial charge in [-0.3, -0.25) is 9.78 Å². The van der Waals surface area contributed by atoms with Gasteiger partial charge >= 0.3 is 0 Å². The van der Waals surface area contributed by atoms with Gasteiger partial charge in [0.05, 0.1) is 5.56 Å². The minimum absolute atomic E-state index is 0.163. The number of aryl methyl sites for hydroxylation is 1. The molecule has 2 N–H and O–H groups in total. The van der Waals surface area contributed by atoms with E-state index in [1.807, 2.05) is 6.07 Å². The molecule has 4 heteroatoms. The van der Waals surface area contributed by atoms with E-state index < -0.39 is 0 Å². The summed E-state index contributed by atoms with van der Waals surface area (Å²) in [7, 11) is 0. The fourth-order valence-electron chi connectivity index (χ4n) is 1.67. The number of carbonyl (C=O) groups excluding carboxylic acids is 1. The third-order valence-electron chi connectivity index (χ3n) is 2.62. The lowest BCUT2D eigenvalue weighted by Crippen LogP contribution is -2.23. The number of phenols is 1. The minimum Gasteiger partial charge on any atom is -0.508 e. The Morgan fingerprint density at radius 1 is 1.33 bits per heavy atom. The molecule has 1 amide bonds. The number of pyridine rings is 1. The zero-order chi connectivity index (χ0) is 13.0. The number of aromatic hydroxyl groups is 1. The molecular weight excluding hydrogens is 228 g/mol. The van der Waals surface area contributed by atoms with E-state index in [4.69, 9.17) is 0 Å². The molecule has 0 saturated heterocycles. The summed E-state index contributed by atoms with van der Waals surface area (Å²) in [5.41, 5.74) is 2.12. The largest absolute Gasteiger partial charge is 0.508 e. The molecule has 0 aliphatic carbocycles. The maximum absolute atomic E-state index is 11.9. The number of aromatic nitrogens is 1. The SMILES string of the molecule is Cc1ncccc1C(=O)NCc1cccc(O)c1. The summed E-state index contributed by atoms with van der Waals surface area (Å²) in [4.78, 5) is 16.0. The van der Waals surface area contributed by atoms with Gasteiger partial charge in [0.15, 0.2) is 0 Å². The molecule has 18 heavy (non-hydrogen) atoms. The number of rotatable bonds is 3. The lowest BCUT2D eigenvalue weighted by molar-refractivity contribution is 0.0950. The number of nitrogens with zero attached hydrogens (tertiary/aromatic N) is 1. The lowest BCUT2D eigenvalue weighted by Gasteiger charge is -2.07. The number of carbonyl (C=O) groups is 1. The van der Waals surface area contributed by atoms with Gasteiger partial charge in [-0.25, -0.2) is 0 Å². The fraction of sp³-hybridized carbons (Fsp3) is 0.143. The smallest absolute Gasteiger partial charge is 0.253 e. The Morgan fingerprint density at radius 3 is 2.89 bits per heavy atom. The number of benzene rings is 1. The average Bonchev–Trinajstić information content (AvgIpc) is 2.37. The second-order valence-corrected chi connectivity index (χ2v) is 3.99. The van der Waals surface area contributed by atoms with Crippen LogP contribution >= 0.6 is 0 Å². The van der Waals surface area contributed by atoms with Crippen molar-refractivity contribution in [2.45, 2.75) is 13.5 Å². The van der Waals surface area contributed by atoms with E-state index in [1.54, 1.807) is 43.5 Å². The molecule has 1 aromatic carbocycles. The highest BCUT2D eigenvalue weighted by molar-refractivity contribution is 5.95. The van der Waals surface area contributed by atoms with Crippen molar-refractivity contribution >= 4 is 5.91 Å². The Balaban J connectivity index is 2.03. The van der Waals surface area contributed by atoms with Crippen molar-refractivity contribution in [3.05, 3.63) is 59.4 Å². The van der Waals surface area contributed by atoms with E-state index in [1.165, 1.54) is 0 Å². The highest BCUT2D eigenvalue weighted by Crippen LogP contribution is 2.11. The number of amides is 1. The molecule has 2 rings (SSSR count). The zero-order valence-electron chi connectivity index (χ0n) is 10.1. The summed E-state index contributed by atoms with van der Waals surface area (Å²) in [5.74, 6) is 0.0308. The fourth-order valence-corrected chi connectivity index (χ4v) is 1.67. The molecule has 0 spiro atoms. The summed E-state index contributed by atoms with van der Waals surface area (Å²) < 4.78 is 0. The highest BCUT2D eigenvalue weighted by Gasteiger charge is 2.08. The van der Waals surface area contributed by atoms with Crippen LogP contribution in [0, 0.1) is 6.92 Å². The third-order valence-corrected chi connectivity index (χ3v) is 2.62. The van der Waals surface area contributed by atoms with Crippen molar-refractivity contribution in [3.8, 4) is 5.75 Å². The van der Waals surface area contributed by atoms with Gasteiger partial charge in [0.25, 0.3) is 5.91 Å². The second kappa shape index (κ2) is 5.31. The van der Waals surface area contributed by atoms with Gasteiger partial charge < -0.3 is 10.4 Å². The van der Waals surface area contributed by atoms with Crippen molar-refractivity contribution in [2.75, 3.05) is 0 Å². The van der Waals surface area contributed by atoms with E-state index in [0.717, 1.165) is 5.56 Å². The van der Waals surface area contributed by atoms with Crippen LogP contribution in [-0.4, -0.2) is 16.0 Å². The van der Waals surface area contributed by atoms with Gasteiger partial charge in [0.2, 0.25) is 0 Å². The molecule has 2 aromatic rings. The summed E-state index contributed by atoms with van der Waals surface area (Å²) >= 11 is 0. The molecule has 0 saturated carbocycles. The van der Waals surface area contributed by atoms with Crippen molar-refractivity contribution < 1.29 is 9.90 Å². The van der Waals surface area contributed by atoms with Crippen LogP contribution in [-0.2, 0) is 6.54 Å². The molecule has 0 fully saturated rings. The molecule has 0 atom stereocenters. The Labute approximate surface area is 105 Å². The Hall–Kier alpha value is -2.36. The average molecular weight is 242 g/mol. The second-order valence-electron chi connectivity index (χ2n) is 3.99. The lowest BCUT2D eigenvalue weighted by atomic mass is 10.1. The van der Waals surface area contributed by atoms with Crippen LogP contribution < -0.4 is 5.32 Å². The number of phenolic OH excluding ortho intramolecular Hbond substituents is 1.